The number of hydrogen-bond donors (Lipinski definition) is 2. The molecule has 0 spiro atoms. The van der Waals surface area contributed by atoms with Crippen molar-refractivity contribution in [3.8, 4) is 0 Å². The predicted molar refractivity (Wildman–Crippen MR) is 128 cm³/mol. The van der Waals surface area contributed by atoms with Gasteiger partial charge in [0, 0.05) is 51.0 Å². The highest BCUT2D eigenvalue weighted by molar-refractivity contribution is 6.01. The van der Waals surface area contributed by atoms with Crippen LogP contribution in [0.15, 0.2) is 54.6 Å². The Balaban J connectivity index is 1.72. The smallest absolute Gasteiger partial charge is 0.251 e. The maximum atomic E-state index is 13.6. The Morgan fingerprint density at radius 1 is 1.03 bits per heavy atom. The van der Waals surface area contributed by atoms with Crippen LogP contribution in [-0.2, 0) is 19.7 Å². The highest BCUT2D eigenvalue weighted by Gasteiger charge is 2.43. The maximum absolute atomic E-state index is 13.6. The molecule has 1 aliphatic rings. The predicted octanol–water partition coefficient (Wildman–Crippen LogP) is 3.36. The minimum absolute atomic E-state index is 0.0250. The van der Waals surface area contributed by atoms with E-state index in [0.717, 1.165) is 12.0 Å². The van der Waals surface area contributed by atoms with E-state index >= 15 is 0 Å². The Hall–Kier alpha value is -3.19. The molecule has 3 rings (SSSR count). The second kappa shape index (κ2) is 11.6. The van der Waals surface area contributed by atoms with Gasteiger partial charge in [0.1, 0.15) is 0 Å². The van der Waals surface area contributed by atoms with Crippen LogP contribution in [-0.4, -0.2) is 55.5 Å². The molecule has 0 atom stereocenters. The van der Waals surface area contributed by atoms with Crippen molar-refractivity contribution in [3.05, 3.63) is 65.7 Å². The van der Waals surface area contributed by atoms with Crippen molar-refractivity contribution < 1.29 is 19.1 Å². The summed E-state index contributed by atoms with van der Waals surface area (Å²) in [5.41, 5.74) is 1.27. The number of benzene rings is 2. The fourth-order valence-corrected chi connectivity index (χ4v) is 4.22. The average molecular weight is 452 g/mol. The molecule has 1 fully saturated rings. The Bertz CT molecular complexity index is 953. The van der Waals surface area contributed by atoms with Crippen molar-refractivity contribution in [2.24, 2.45) is 0 Å². The summed E-state index contributed by atoms with van der Waals surface area (Å²) in [6, 6.07) is 16.7. The molecule has 33 heavy (non-hydrogen) atoms. The van der Waals surface area contributed by atoms with Crippen molar-refractivity contribution in [1.29, 1.82) is 0 Å². The van der Waals surface area contributed by atoms with E-state index in [1.54, 1.807) is 36.1 Å². The number of nitrogens with zero attached hydrogens (tertiary/aromatic N) is 1. The van der Waals surface area contributed by atoms with Crippen LogP contribution >= 0.6 is 0 Å². The molecule has 2 aromatic rings. The van der Waals surface area contributed by atoms with Crippen molar-refractivity contribution in [2.45, 2.75) is 38.5 Å². The maximum Gasteiger partial charge on any atom is 0.251 e. The van der Waals surface area contributed by atoms with E-state index in [2.05, 4.69) is 10.6 Å². The Labute approximate surface area is 195 Å². The molecule has 176 valence electrons. The van der Waals surface area contributed by atoms with Gasteiger partial charge in [0.05, 0.1) is 5.41 Å². The van der Waals surface area contributed by atoms with Gasteiger partial charge in [-0.1, -0.05) is 36.4 Å². The third-order valence-corrected chi connectivity index (χ3v) is 6.16. The lowest BCUT2D eigenvalue weighted by Gasteiger charge is -2.40. The minimum Gasteiger partial charge on any atom is -0.382 e. The van der Waals surface area contributed by atoms with E-state index in [1.165, 1.54) is 0 Å². The van der Waals surface area contributed by atoms with Gasteiger partial charge in [0.25, 0.3) is 5.91 Å². The number of rotatable bonds is 9. The van der Waals surface area contributed by atoms with Gasteiger partial charge in [-0.15, -0.1) is 0 Å². The van der Waals surface area contributed by atoms with Gasteiger partial charge < -0.3 is 20.3 Å². The SMILES string of the molecule is CCOCCCNC(=O)c1cccc(NC(=O)C2(c3ccccc3)CCN(C(C)=O)CC2)c1. The van der Waals surface area contributed by atoms with Crippen LogP contribution < -0.4 is 10.6 Å². The zero-order valence-corrected chi connectivity index (χ0v) is 19.4. The highest BCUT2D eigenvalue weighted by Crippen LogP contribution is 2.37. The van der Waals surface area contributed by atoms with Crippen molar-refractivity contribution >= 4 is 23.4 Å². The van der Waals surface area contributed by atoms with E-state index in [-0.39, 0.29) is 17.7 Å². The molecule has 0 aromatic heterocycles. The molecule has 2 N–H and O–H groups in total. The lowest BCUT2D eigenvalue weighted by molar-refractivity contribution is -0.133. The summed E-state index contributed by atoms with van der Waals surface area (Å²) in [6.07, 6.45) is 1.83. The second-order valence-electron chi connectivity index (χ2n) is 8.30. The molecule has 0 saturated carbocycles. The van der Waals surface area contributed by atoms with Crippen molar-refractivity contribution in [2.75, 3.05) is 38.2 Å². The van der Waals surface area contributed by atoms with Gasteiger partial charge in [0.2, 0.25) is 11.8 Å². The first-order valence-electron chi connectivity index (χ1n) is 11.5. The normalized spacial score (nSPS) is 15.0. The molecule has 1 saturated heterocycles. The largest absolute Gasteiger partial charge is 0.382 e. The molecule has 0 unspecified atom stereocenters. The monoisotopic (exact) mass is 451 g/mol. The third kappa shape index (κ3) is 6.20. The van der Waals surface area contributed by atoms with Crippen molar-refractivity contribution in [1.82, 2.24) is 10.2 Å². The molecule has 1 heterocycles. The number of amides is 3. The minimum atomic E-state index is -0.731. The summed E-state index contributed by atoms with van der Waals surface area (Å²) in [7, 11) is 0. The topological polar surface area (TPSA) is 87.7 Å². The number of piperidine rings is 1. The summed E-state index contributed by atoms with van der Waals surface area (Å²) in [6.45, 7) is 6.35. The lowest BCUT2D eigenvalue weighted by Crippen LogP contribution is -2.50. The number of hydrogen-bond acceptors (Lipinski definition) is 4. The van der Waals surface area contributed by atoms with Gasteiger partial charge >= 0.3 is 0 Å². The summed E-state index contributed by atoms with van der Waals surface area (Å²) in [5, 5.41) is 5.91. The number of nitrogens with one attached hydrogen (secondary N) is 2. The number of likely N-dealkylation sites (tertiary alicyclic amines) is 1. The second-order valence-corrected chi connectivity index (χ2v) is 8.30. The van der Waals surface area contributed by atoms with Gasteiger partial charge in [-0.3, -0.25) is 14.4 Å². The van der Waals surface area contributed by atoms with Crippen LogP contribution in [0, 0.1) is 0 Å². The van der Waals surface area contributed by atoms with Gasteiger partial charge in [0.15, 0.2) is 0 Å². The molecule has 3 amide bonds. The van der Waals surface area contributed by atoms with E-state index in [0.29, 0.717) is 56.9 Å². The van der Waals surface area contributed by atoms with E-state index in [9.17, 15) is 14.4 Å². The van der Waals surface area contributed by atoms with Crippen LogP contribution in [0.25, 0.3) is 0 Å². The summed E-state index contributed by atoms with van der Waals surface area (Å²) in [5.74, 6) is -0.279. The number of anilines is 1. The summed E-state index contributed by atoms with van der Waals surface area (Å²) in [4.78, 5) is 39.7. The van der Waals surface area contributed by atoms with Gasteiger partial charge in [-0.2, -0.15) is 0 Å². The van der Waals surface area contributed by atoms with Gasteiger partial charge in [-0.25, -0.2) is 0 Å². The number of ether oxygens (including phenoxy) is 1. The molecular weight excluding hydrogens is 418 g/mol. The lowest BCUT2D eigenvalue weighted by atomic mass is 9.72. The highest BCUT2D eigenvalue weighted by atomic mass is 16.5. The molecule has 7 nitrogen and oxygen atoms in total. The third-order valence-electron chi connectivity index (χ3n) is 6.16. The Kier molecular flexibility index (Phi) is 8.60. The van der Waals surface area contributed by atoms with Crippen molar-refractivity contribution in [3.63, 3.8) is 0 Å². The molecule has 0 radical (unpaired) electrons. The van der Waals surface area contributed by atoms with E-state index in [4.69, 9.17) is 4.74 Å². The summed E-state index contributed by atoms with van der Waals surface area (Å²) < 4.78 is 5.29. The molecule has 0 bridgehead atoms. The molecule has 1 aliphatic heterocycles. The number of carbonyl (C=O) groups excluding carboxylic acids is 3. The van der Waals surface area contributed by atoms with E-state index < -0.39 is 5.41 Å². The molecule has 0 aliphatic carbocycles. The summed E-state index contributed by atoms with van der Waals surface area (Å²) >= 11 is 0. The molecule has 7 heteroatoms. The zero-order valence-electron chi connectivity index (χ0n) is 19.4. The number of carbonyl (C=O) groups is 3. The van der Waals surface area contributed by atoms with Crippen LogP contribution in [0.4, 0.5) is 5.69 Å². The quantitative estimate of drug-likeness (QED) is 0.573. The first-order chi connectivity index (χ1) is 16.0. The standard InChI is InChI=1S/C26H33N3O4/c1-3-33-18-8-15-27-24(31)21-9-7-12-23(19-21)28-25(32)26(22-10-5-4-6-11-22)13-16-29(17-14-26)20(2)30/h4-7,9-12,19H,3,8,13-18H2,1-2H3,(H,27,31)(H,28,32). The first-order valence-corrected chi connectivity index (χ1v) is 11.5. The Morgan fingerprint density at radius 3 is 2.42 bits per heavy atom. The Morgan fingerprint density at radius 2 is 1.76 bits per heavy atom. The van der Waals surface area contributed by atoms with Crippen LogP contribution in [0.5, 0.6) is 0 Å². The van der Waals surface area contributed by atoms with Gasteiger partial charge in [-0.05, 0) is 49.9 Å². The van der Waals surface area contributed by atoms with E-state index in [1.807, 2.05) is 37.3 Å². The zero-order chi connectivity index (χ0) is 23.7. The molecular formula is C26H33N3O4. The fourth-order valence-electron chi connectivity index (χ4n) is 4.22. The molecule has 2 aromatic carbocycles. The van der Waals surface area contributed by atoms with Crippen LogP contribution in [0.2, 0.25) is 0 Å². The average Bonchev–Trinajstić information content (AvgIpc) is 2.84. The van der Waals surface area contributed by atoms with Crippen LogP contribution in [0.3, 0.4) is 0 Å². The fraction of sp³-hybridized carbons (Fsp3) is 0.423. The van der Waals surface area contributed by atoms with Crippen LogP contribution in [0.1, 0.15) is 49.0 Å². The first kappa shape index (κ1) is 24.5.